The van der Waals surface area contributed by atoms with Gasteiger partial charge in [-0.05, 0) is 52.8 Å². The Balaban J connectivity index is 1.37. The van der Waals surface area contributed by atoms with Crippen LogP contribution in [0.1, 0.15) is 43.9 Å². The van der Waals surface area contributed by atoms with Crippen LogP contribution in [0.5, 0.6) is 0 Å². The first-order valence-corrected chi connectivity index (χ1v) is 11.0. The molecule has 0 spiro atoms. The van der Waals surface area contributed by atoms with Crippen LogP contribution in [0.3, 0.4) is 0 Å². The molecule has 2 aliphatic heterocycles. The smallest absolute Gasteiger partial charge is 0.316 e. The molecule has 2 N–H and O–H groups in total. The van der Waals surface area contributed by atoms with Crippen LogP contribution in [-0.2, 0) is 17.9 Å². The molecule has 0 fully saturated rings. The first kappa shape index (κ1) is 21.2. The van der Waals surface area contributed by atoms with Gasteiger partial charge in [-0.15, -0.1) is 0 Å². The number of nitrogens with zero attached hydrogens (tertiary/aromatic N) is 2. The van der Waals surface area contributed by atoms with Crippen molar-refractivity contribution in [1.82, 2.24) is 15.2 Å². The van der Waals surface area contributed by atoms with E-state index in [-0.39, 0.29) is 23.8 Å². The molecule has 2 aliphatic rings. The number of Topliss-reactive ketones (excluding diaryl/α,β-unsaturated/α-hetero) is 1. The number of anilines is 1. The average Bonchev–Trinajstić information content (AvgIpc) is 3.23. The molecule has 0 saturated carbocycles. The Kier molecular flexibility index (Phi) is 6.18. The SMILES string of the molecule is CC(C)C(C)C(=O)C1CC(c2ccc(NC(=O)N3Cc4ccncc4C3)cc2)=CCN1. The van der Waals surface area contributed by atoms with Gasteiger partial charge in [-0.1, -0.05) is 39.0 Å². The molecule has 0 saturated heterocycles. The molecule has 3 heterocycles. The lowest BCUT2D eigenvalue weighted by Crippen LogP contribution is -2.43. The number of amides is 2. The molecule has 4 rings (SSSR count). The summed E-state index contributed by atoms with van der Waals surface area (Å²) >= 11 is 0. The molecular formula is C25H30N4O2. The highest BCUT2D eigenvalue weighted by molar-refractivity contribution is 5.91. The third-order valence-corrected chi connectivity index (χ3v) is 6.45. The van der Waals surface area contributed by atoms with Crippen molar-refractivity contribution < 1.29 is 9.59 Å². The molecule has 2 atom stereocenters. The van der Waals surface area contributed by atoms with Crippen LogP contribution in [0.15, 0.2) is 48.8 Å². The number of nitrogens with one attached hydrogen (secondary N) is 2. The van der Waals surface area contributed by atoms with Crippen LogP contribution in [0, 0.1) is 11.8 Å². The highest BCUT2D eigenvalue weighted by atomic mass is 16.2. The largest absolute Gasteiger partial charge is 0.322 e. The molecule has 0 aliphatic carbocycles. The Hall–Kier alpha value is -2.99. The van der Waals surface area contributed by atoms with Gasteiger partial charge < -0.3 is 15.5 Å². The molecule has 162 valence electrons. The number of ketones is 1. The fourth-order valence-electron chi connectivity index (χ4n) is 4.12. The average molecular weight is 419 g/mol. The number of carbonyl (C=O) groups is 2. The standard InChI is InChI=1S/C25H30N4O2/c1-16(2)17(3)24(30)23-12-19(9-11-27-23)18-4-6-22(7-5-18)28-25(31)29-14-20-8-10-26-13-21(20)15-29/h4-10,13,16-17,23,27H,11-12,14-15H2,1-3H3,(H,28,31). The van der Waals surface area contributed by atoms with E-state index in [0.717, 1.165) is 22.4 Å². The Morgan fingerprint density at radius 3 is 2.55 bits per heavy atom. The van der Waals surface area contributed by atoms with Crippen LogP contribution >= 0.6 is 0 Å². The van der Waals surface area contributed by atoms with Crippen molar-refractivity contribution in [2.24, 2.45) is 11.8 Å². The summed E-state index contributed by atoms with van der Waals surface area (Å²) < 4.78 is 0. The Morgan fingerprint density at radius 2 is 1.84 bits per heavy atom. The van der Waals surface area contributed by atoms with Crippen molar-refractivity contribution in [1.29, 1.82) is 0 Å². The summed E-state index contributed by atoms with van der Waals surface area (Å²) in [5, 5.41) is 6.32. The minimum atomic E-state index is -0.136. The molecule has 2 aromatic rings. The van der Waals surface area contributed by atoms with Crippen molar-refractivity contribution in [3.63, 3.8) is 0 Å². The number of pyridine rings is 1. The van der Waals surface area contributed by atoms with E-state index in [0.29, 0.717) is 32.0 Å². The third-order valence-electron chi connectivity index (χ3n) is 6.45. The lowest BCUT2D eigenvalue weighted by atomic mass is 9.85. The first-order valence-electron chi connectivity index (χ1n) is 11.0. The van der Waals surface area contributed by atoms with E-state index >= 15 is 0 Å². The molecular weight excluding hydrogens is 388 g/mol. The van der Waals surface area contributed by atoms with Crippen LogP contribution in [0.25, 0.3) is 5.57 Å². The van der Waals surface area contributed by atoms with E-state index in [1.54, 1.807) is 11.1 Å². The van der Waals surface area contributed by atoms with Gasteiger partial charge in [0.25, 0.3) is 0 Å². The second-order valence-corrected chi connectivity index (χ2v) is 8.84. The quantitative estimate of drug-likeness (QED) is 0.762. The highest BCUT2D eigenvalue weighted by Gasteiger charge is 2.28. The van der Waals surface area contributed by atoms with Crippen LogP contribution in [-0.4, -0.2) is 34.3 Å². The molecule has 0 radical (unpaired) electrons. The van der Waals surface area contributed by atoms with E-state index < -0.39 is 0 Å². The van der Waals surface area contributed by atoms with Crippen molar-refractivity contribution in [2.75, 3.05) is 11.9 Å². The topological polar surface area (TPSA) is 74.3 Å². The van der Waals surface area contributed by atoms with Crippen molar-refractivity contribution >= 4 is 23.1 Å². The molecule has 2 amide bonds. The molecule has 1 aromatic carbocycles. The monoisotopic (exact) mass is 418 g/mol. The van der Waals surface area contributed by atoms with E-state index in [4.69, 9.17) is 0 Å². The van der Waals surface area contributed by atoms with Gasteiger partial charge in [0.2, 0.25) is 0 Å². The Labute approximate surface area is 183 Å². The molecule has 2 unspecified atom stereocenters. The molecule has 1 aromatic heterocycles. The predicted octanol–water partition coefficient (Wildman–Crippen LogP) is 4.24. The van der Waals surface area contributed by atoms with E-state index in [1.807, 2.05) is 43.5 Å². The molecule has 6 nitrogen and oxygen atoms in total. The van der Waals surface area contributed by atoms with Crippen molar-refractivity contribution in [2.45, 2.75) is 46.3 Å². The molecule has 6 heteroatoms. The summed E-state index contributed by atoms with van der Waals surface area (Å²) in [4.78, 5) is 31.3. The maximum Gasteiger partial charge on any atom is 0.322 e. The maximum absolute atomic E-state index is 12.8. The number of benzene rings is 1. The third kappa shape index (κ3) is 4.69. The number of aromatic nitrogens is 1. The normalized spacial score (nSPS) is 19.0. The van der Waals surface area contributed by atoms with Crippen LogP contribution in [0.2, 0.25) is 0 Å². The number of hydrogen-bond acceptors (Lipinski definition) is 4. The van der Waals surface area contributed by atoms with Gasteiger partial charge in [-0.3, -0.25) is 9.78 Å². The van der Waals surface area contributed by atoms with Gasteiger partial charge in [-0.2, -0.15) is 0 Å². The summed E-state index contributed by atoms with van der Waals surface area (Å²) in [6.45, 7) is 8.07. The van der Waals surface area contributed by atoms with Crippen LogP contribution < -0.4 is 10.6 Å². The first-order chi connectivity index (χ1) is 14.9. The predicted molar refractivity (Wildman–Crippen MR) is 122 cm³/mol. The maximum atomic E-state index is 12.8. The fraction of sp³-hybridized carbons (Fsp3) is 0.400. The van der Waals surface area contributed by atoms with E-state index in [2.05, 4.69) is 35.5 Å². The highest BCUT2D eigenvalue weighted by Crippen LogP contribution is 2.27. The zero-order chi connectivity index (χ0) is 22.0. The van der Waals surface area contributed by atoms with Crippen molar-refractivity contribution in [3.05, 3.63) is 65.5 Å². The Bertz CT molecular complexity index is 972. The number of urea groups is 1. The summed E-state index contributed by atoms with van der Waals surface area (Å²) in [7, 11) is 0. The fourth-order valence-corrected chi connectivity index (χ4v) is 4.12. The van der Waals surface area contributed by atoms with Gasteiger partial charge in [0.05, 0.1) is 6.04 Å². The summed E-state index contributed by atoms with van der Waals surface area (Å²) in [5.41, 5.74) is 5.27. The number of hydrogen-bond donors (Lipinski definition) is 2. The second-order valence-electron chi connectivity index (χ2n) is 8.84. The molecule has 31 heavy (non-hydrogen) atoms. The minimum absolute atomic E-state index is 0.0435. The lowest BCUT2D eigenvalue weighted by Gasteiger charge is -2.27. The lowest BCUT2D eigenvalue weighted by molar-refractivity contribution is -0.125. The number of rotatable bonds is 5. The van der Waals surface area contributed by atoms with E-state index in [1.165, 1.54) is 5.57 Å². The summed E-state index contributed by atoms with van der Waals surface area (Å²) in [6.07, 6.45) is 6.43. The summed E-state index contributed by atoms with van der Waals surface area (Å²) in [6, 6.07) is 9.60. The zero-order valence-electron chi connectivity index (χ0n) is 18.4. The Morgan fingerprint density at radius 1 is 1.10 bits per heavy atom. The van der Waals surface area contributed by atoms with E-state index in [9.17, 15) is 9.59 Å². The van der Waals surface area contributed by atoms with Gasteiger partial charge in [0.15, 0.2) is 5.78 Å². The van der Waals surface area contributed by atoms with Gasteiger partial charge in [0.1, 0.15) is 0 Å². The number of fused-ring (bicyclic) bond motifs is 1. The summed E-state index contributed by atoms with van der Waals surface area (Å²) in [5.74, 6) is 0.666. The second kappa shape index (κ2) is 9.02. The zero-order valence-corrected chi connectivity index (χ0v) is 18.4. The number of carbonyl (C=O) groups excluding carboxylic acids is 2. The van der Waals surface area contributed by atoms with Gasteiger partial charge in [0, 0.05) is 43.6 Å². The van der Waals surface area contributed by atoms with Gasteiger partial charge >= 0.3 is 6.03 Å². The van der Waals surface area contributed by atoms with Crippen LogP contribution in [0.4, 0.5) is 10.5 Å². The minimum Gasteiger partial charge on any atom is -0.316 e. The van der Waals surface area contributed by atoms with Crippen molar-refractivity contribution in [3.8, 4) is 0 Å². The van der Waals surface area contributed by atoms with Gasteiger partial charge in [-0.25, -0.2) is 4.79 Å². The molecule has 0 bridgehead atoms.